The van der Waals surface area contributed by atoms with Crippen LogP contribution in [0, 0.1) is 5.92 Å². The number of carbonyl (C=O) groups is 1. The Morgan fingerprint density at radius 2 is 2.04 bits per heavy atom. The van der Waals surface area contributed by atoms with E-state index in [4.69, 9.17) is 4.42 Å². The normalized spacial score (nSPS) is 18.8. The van der Waals surface area contributed by atoms with Crippen LogP contribution in [0.3, 0.4) is 0 Å². The van der Waals surface area contributed by atoms with Gasteiger partial charge >= 0.3 is 0 Å². The highest BCUT2D eigenvalue weighted by Crippen LogP contribution is 2.22. The van der Waals surface area contributed by atoms with Crippen molar-refractivity contribution in [2.75, 3.05) is 19.6 Å². The molecule has 0 aromatic carbocycles. The van der Waals surface area contributed by atoms with Crippen LogP contribution >= 0.6 is 0 Å². The van der Waals surface area contributed by atoms with E-state index in [1.54, 1.807) is 6.92 Å². The number of aromatic nitrogens is 2. The van der Waals surface area contributed by atoms with Crippen molar-refractivity contribution in [3.63, 3.8) is 0 Å². The van der Waals surface area contributed by atoms with Gasteiger partial charge in [0.25, 0.3) is 0 Å². The lowest BCUT2D eigenvalue weighted by atomic mass is 9.96. The average Bonchev–Trinajstić information content (AvgIpc) is 2.94. The molecule has 0 unspecified atom stereocenters. The summed E-state index contributed by atoms with van der Waals surface area (Å²) < 4.78 is 5.72. The summed E-state index contributed by atoms with van der Waals surface area (Å²) in [5, 5.41) is 20.2. The smallest absolute Gasteiger partial charge is 0.230 e. The highest BCUT2D eigenvalue weighted by Gasteiger charge is 2.27. The average molecular weight is 324 g/mol. The molecule has 1 aromatic rings. The van der Waals surface area contributed by atoms with Crippen LogP contribution < -0.4 is 5.32 Å². The van der Waals surface area contributed by atoms with Crippen molar-refractivity contribution >= 4 is 5.91 Å². The molecule has 2 heterocycles. The standard InChI is InChI=1S/C16H28N4O3/c1-11(21)9-17-14(22)12-5-7-20(8-6-12)10-13-18-19-15(23-13)16(2,3)4/h11-12,21H,5-10H2,1-4H3,(H,17,22)/t11-/m1/s1. The minimum Gasteiger partial charge on any atom is -0.423 e. The molecule has 7 nitrogen and oxygen atoms in total. The summed E-state index contributed by atoms with van der Waals surface area (Å²) in [6.07, 6.45) is 1.12. The number of hydrogen-bond acceptors (Lipinski definition) is 6. The second-order valence-electron chi connectivity index (χ2n) is 7.40. The number of nitrogens with one attached hydrogen (secondary N) is 1. The van der Waals surface area contributed by atoms with E-state index in [0.29, 0.717) is 24.9 Å². The monoisotopic (exact) mass is 324 g/mol. The highest BCUT2D eigenvalue weighted by molar-refractivity contribution is 5.78. The summed E-state index contributed by atoms with van der Waals surface area (Å²) >= 11 is 0. The lowest BCUT2D eigenvalue weighted by molar-refractivity contribution is -0.126. The molecule has 0 bridgehead atoms. The lowest BCUT2D eigenvalue weighted by Gasteiger charge is -2.30. The van der Waals surface area contributed by atoms with Gasteiger partial charge in [0.2, 0.25) is 17.7 Å². The van der Waals surface area contributed by atoms with Crippen molar-refractivity contribution in [3.05, 3.63) is 11.8 Å². The Hall–Kier alpha value is -1.47. The molecule has 1 saturated heterocycles. The van der Waals surface area contributed by atoms with Crippen LogP contribution in [0.2, 0.25) is 0 Å². The maximum Gasteiger partial charge on any atom is 0.230 e. The first-order chi connectivity index (χ1) is 10.8. The number of nitrogens with zero attached hydrogens (tertiary/aromatic N) is 3. The number of piperidine rings is 1. The van der Waals surface area contributed by atoms with E-state index in [9.17, 15) is 9.90 Å². The van der Waals surface area contributed by atoms with Crippen molar-refractivity contribution in [3.8, 4) is 0 Å². The number of likely N-dealkylation sites (tertiary alicyclic amines) is 1. The van der Waals surface area contributed by atoms with E-state index in [1.807, 2.05) is 20.8 Å². The maximum atomic E-state index is 12.0. The summed E-state index contributed by atoms with van der Waals surface area (Å²) in [4.78, 5) is 14.2. The van der Waals surface area contributed by atoms with Crippen molar-refractivity contribution in [2.45, 2.75) is 58.6 Å². The molecule has 1 amide bonds. The highest BCUT2D eigenvalue weighted by atomic mass is 16.4. The Morgan fingerprint density at radius 3 is 2.57 bits per heavy atom. The van der Waals surface area contributed by atoms with Crippen LogP contribution in [0.4, 0.5) is 0 Å². The Kier molecular flexibility index (Phi) is 5.75. The van der Waals surface area contributed by atoms with Gasteiger partial charge in [-0.1, -0.05) is 20.8 Å². The first kappa shape index (κ1) is 17.9. The molecule has 130 valence electrons. The van der Waals surface area contributed by atoms with Gasteiger partial charge in [-0.2, -0.15) is 0 Å². The van der Waals surface area contributed by atoms with Crippen LogP contribution in [0.5, 0.6) is 0 Å². The third-order valence-electron chi connectivity index (χ3n) is 4.00. The Balaban J connectivity index is 1.78. The molecule has 0 spiro atoms. The van der Waals surface area contributed by atoms with Gasteiger partial charge < -0.3 is 14.8 Å². The fourth-order valence-corrected chi connectivity index (χ4v) is 2.56. The molecule has 0 aliphatic carbocycles. The van der Waals surface area contributed by atoms with Gasteiger partial charge in [0.05, 0.1) is 12.6 Å². The van der Waals surface area contributed by atoms with Crippen LogP contribution in [-0.2, 0) is 16.8 Å². The zero-order chi connectivity index (χ0) is 17.0. The molecule has 1 aromatic heterocycles. The maximum absolute atomic E-state index is 12.0. The second kappa shape index (κ2) is 7.40. The first-order valence-corrected chi connectivity index (χ1v) is 8.26. The Bertz CT molecular complexity index is 514. The molecule has 2 N–H and O–H groups in total. The summed E-state index contributed by atoms with van der Waals surface area (Å²) in [6.45, 7) is 10.4. The van der Waals surface area contributed by atoms with Crippen LogP contribution in [0.1, 0.15) is 52.3 Å². The van der Waals surface area contributed by atoms with E-state index >= 15 is 0 Å². The molecule has 1 fully saturated rings. The molecule has 1 aliphatic heterocycles. The lowest BCUT2D eigenvalue weighted by Crippen LogP contribution is -2.41. The fraction of sp³-hybridized carbons (Fsp3) is 0.812. The zero-order valence-corrected chi connectivity index (χ0v) is 14.5. The van der Waals surface area contributed by atoms with E-state index in [1.165, 1.54) is 0 Å². The number of aliphatic hydroxyl groups excluding tert-OH is 1. The van der Waals surface area contributed by atoms with Crippen LogP contribution in [0.15, 0.2) is 4.42 Å². The van der Waals surface area contributed by atoms with Gasteiger partial charge in [-0.25, -0.2) is 0 Å². The molecular weight excluding hydrogens is 296 g/mol. The van der Waals surface area contributed by atoms with E-state index in [2.05, 4.69) is 20.4 Å². The quantitative estimate of drug-likeness (QED) is 0.842. The van der Waals surface area contributed by atoms with E-state index in [0.717, 1.165) is 25.9 Å². The van der Waals surface area contributed by atoms with Gasteiger partial charge in [-0.05, 0) is 32.9 Å². The number of rotatable bonds is 5. The molecule has 0 radical (unpaired) electrons. The van der Waals surface area contributed by atoms with E-state index in [-0.39, 0.29) is 17.2 Å². The Labute approximate surface area is 137 Å². The minimum absolute atomic E-state index is 0.0258. The number of hydrogen-bond donors (Lipinski definition) is 2. The topological polar surface area (TPSA) is 91.5 Å². The predicted molar refractivity (Wildman–Crippen MR) is 85.7 cm³/mol. The van der Waals surface area contributed by atoms with Gasteiger partial charge in [0.1, 0.15) is 0 Å². The van der Waals surface area contributed by atoms with Gasteiger partial charge in [0, 0.05) is 17.9 Å². The molecule has 0 saturated carbocycles. The van der Waals surface area contributed by atoms with Gasteiger partial charge in [-0.15, -0.1) is 10.2 Å². The number of amides is 1. The SMILES string of the molecule is C[C@@H](O)CNC(=O)C1CCN(Cc2nnc(C(C)(C)C)o2)CC1. The molecule has 2 rings (SSSR count). The summed E-state index contributed by atoms with van der Waals surface area (Å²) in [5.74, 6) is 1.35. The first-order valence-electron chi connectivity index (χ1n) is 8.26. The van der Waals surface area contributed by atoms with Crippen LogP contribution in [-0.4, -0.2) is 51.8 Å². The van der Waals surface area contributed by atoms with E-state index < -0.39 is 6.10 Å². The van der Waals surface area contributed by atoms with Crippen molar-refractivity contribution in [1.82, 2.24) is 20.4 Å². The second-order valence-corrected chi connectivity index (χ2v) is 7.40. The third-order valence-corrected chi connectivity index (χ3v) is 4.00. The van der Waals surface area contributed by atoms with Gasteiger partial charge in [-0.3, -0.25) is 9.69 Å². The summed E-state index contributed by atoms with van der Waals surface area (Å²) in [5.41, 5.74) is -0.139. The summed E-state index contributed by atoms with van der Waals surface area (Å²) in [7, 11) is 0. The molecule has 23 heavy (non-hydrogen) atoms. The zero-order valence-electron chi connectivity index (χ0n) is 14.5. The predicted octanol–water partition coefficient (Wildman–Crippen LogP) is 1.08. The number of aliphatic hydroxyl groups is 1. The molecule has 1 atom stereocenters. The van der Waals surface area contributed by atoms with Crippen molar-refractivity contribution in [2.24, 2.45) is 5.92 Å². The van der Waals surface area contributed by atoms with Crippen molar-refractivity contribution < 1.29 is 14.3 Å². The Morgan fingerprint density at radius 1 is 1.39 bits per heavy atom. The molecular formula is C16H28N4O3. The largest absolute Gasteiger partial charge is 0.423 e. The third kappa shape index (κ3) is 5.28. The minimum atomic E-state index is -0.506. The molecule has 7 heteroatoms. The number of carbonyl (C=O) groups excluding carboxylic acids is 1. The van der Waals surface area contributed by atoms with Crippen molar-refractivity contribution in [1.29, 1.82) is 0 Å². The molecule has 1 aliphatic rings. The fourth-order valence-electron chi connectivity index (χ4n) is 2.56. The summed E-state index contributed by atoms with van der Waals surface area (Å²) in [6, 6.07) is 0. The van der Waals surface area contributed by atoms with Crippen LogP contribution in [0.25, 0.3) is 0 Å². The van der Waals surface area contributed by atoms with Gasteiger partial charge in [0.15, 0.2) is 0 Å².